The van der Waals surface area contributed by atoms with Crippen LogP contribution in [0.5, 0.6) is 11.5 Å². The normalized spacial score (nSPS) is 21.9. The van der Waals surface area contributed by atoms with Crippen molar-refractivity contribution in [2.24, 2.45) is 5.41 Å². The van der Waals surface area contributed by atoms with Gasteiger partial charge in [-0.3, -0.25) is 4.79 Å². The molecule has 0 saturated carbocycles. The number of benzene rings is 1. The van der Waals surface area contributed by atoms with Crippen LogP contribution in [0.4, 0.5) is 13.2 Å². The second-order valence-corrected chi connectivity index (χ2v) is 8.39. The number of alkyl halides is 3. The highest BCUT2D eigenvalue weighted by Gasteiger charge is 2.44. The monoisotopic (exact) mass is 460 g/mol. The first kappa shape index (κ1) is 24.1. The molecule has 0 aliphatic carbocycles. The Hall–Kier alpha value is -2.53. The van der Waals surface area contributed by atoms with Gasteiger partial charge in [0.2, 0.25) is 6.79 Å². The van der Waals surface area contributed by atoms with Gasteiger partial charge in [-0.1, -0.05) is 0 Å². The van der Waals surface area contributed by atoms with Gasteiger partial charge in [0.15, 0.2) is 11.5 Å². The van der Waals surface area contributed by atoms with Crippen LogP contribution in [-0.4, -0.2) is 86.2 Å². The number of ether oxygens (including phenoxy) is 3. The minimum absolute atomic E-state index is 0.0907. The van der Waals surface area contributed by atoms with Gasteiger partial charge in [-0.2, -0.15) is 13.2 Å². The van der Waals surface area contributed by atoms with E-state index in [1.165, 1.54) is 6.42 Å². The molecule has 0 aromatic heterocycles. The highest BCUT2D eigenvalue weighted by molar-refractivity contribution is 5.95. The maximum atomic E-state index is 12.8. The Morgan fingerprint density at radius 2 is 1.84 bits per heavy atom. The zero-order chi connectivity index (χ0) is 23.5. The molecule has 1 N–H and O–H groups in total. The second-order valence-electron chi connectivity index (χ2n) is 8.39. The molecule has 1 aromatic carbocycles. The van der Waals surface area contributed by atoms with Crippen LogP contribution >= 0.6 is 0 Å². The number of likely N-dealkylation sites (tertiary alicyclic amines) is 2. The number of fused-ring (bicyclic) bond motifs is 1. The summed E-state index contributed by atoms with van der Waals surface area (Å²) in [5.74, 6) is -1.29. The van der Waals surface area contributed by atoms with Gasteiger partial charge in [0, 0.05) is 38.3 Å². The van der Waals surface area contributed by atoms with Gasteiger partial charge in [0.1, 0.15) is 0 Å². The summed E-state index contributed by atoms with van der Waals surface area (Å²) in [6.07, 6.45) is -1.79. The largest absolute Gasteiger partial charge is 0.490 e. The van der Waals surface area contributed by atoms with Crippen molar-refractivity contribution in [1.82, 2.24) is 9.80 Å². The maximum Gasteiger partial charge on any atom is 0.490 e. The molecule has 32 heavy (non-hydrogen) atoms. The molecule has 2 fully saturated rings. The summed E-state index contributed by atoms with van der Waals surface area (Å²) in [7, 11) is 3.95. The van der Waals surface area contributed by atoms with Crippen LogP contribution in [0, 0.1) is 5.41 Å². The molecule has 178 valence electrons. The minimum atomic E-state index is -5.08. The average molecular weight is 460 g/mol. The van der Waals surface area contributed by atoms with Crippen LogP contribution in [0.15, 0.2) is 18.2 Å². The summed E-state index contributed by atoms with van der Waals surface area (Å²) in [6, 6.07) is 5.95. The summed E-state index contributed by atoms with van der Waals surface area (Å²) >= 11 is 0. The van der Waals surface area contributed by atoms with Gasteiger partial charge in [0.25, 0.3) is 5.91 Å². The average Bonchev–Trinajstić information content (AvgIpc) is 3.32. The van der Waals surface area contributed by atoms with Gasteiger partial charge >= 0.3 is 12.1 Å². The highest BCUT2D eigenvalue weighted by Crippen LogP contribution is 2.43. The fourth-order valence-electron chi connectivity index (χ4n) is 4.52. The number of carboxylic acid groups (broad SMARTS) is 1. The SMILES string of the molecule is COCC1CC2(CCN(C(=O)c3ccc4c(c3)OCO4)CC2)CN1C.O=C(O)C(F)(F)F. The van der Waals surface area contributed by atoms with E-state index in [4.69, 9.17) is 24.1 Å². The Morgan fingerprint density at radius 3 is 2.44 bits per heavy atom. The summed E-state index contributed by atoms with van der Waals surface area (Å²) in [5, 5.41) is 7.12. The van der Waals surface area contributed by atoms with Crippen molar-refractivity contribution in [2.75, 3.05) is 47.2 Å². The van der Waals surface area contributed by atoms with Crippen LogP contribution in [-0.2, 0) is 9.53 Å². The van der Waals surface area contributed by atoms with Crippen molar-refractivity contribution in [1.29, 1.82) is 0 Å². The predicted molar refractivity (Wildman–Crippen MR) is 107 cm³/mol. The molecule has 0 radical (unpaired) electrons. The number of piperidine rings is 1. The molecule has 1 atom stereocenters. The van der Waals surface area contributed by atoms with E-state index < -0.39 is 12.1 Å². The molecule has 1 spiro atoms. The van der Waals surface area contributed by atoms with Crippen LogP contribution < -0.4 is 9.47 Å². The Bertz CT molecular complexity index is 839. The van der Waals surface area contributed by atoms with Crippen molar-refractivity contribution in [3.8, 4) is 11.5 Å². The van der Waals surface area contributed by atoms with E-state index >= 15 is 0 Å². The molecule has 11 heteroatoms. The van der Waals surface area contributed by atoms with Crippen LogP contribution in [0.3, 0.4) is 0 Å². The molecule has 3 aliphatic rings. The third-order valence-corrected chi connectivity index (χ3v) is 6.21. The maximum absolute atomic E-state index is 12.8. The number of likely N-dealkylation sites (N-methyl/N-ethyl adjacent to an activating group) is 1. The number of halogens is 3. The quantitative estimate of drug-likeness (QED) is 0.742. The molecule has 2 saturated heterocycles. The smallest absolute Gasteiger partial charge is 0.475 e. The fraction of sp³-hybridized carbons (Fsp3) is 0.619. The van der Waals surface area contributed by atoms with Gasteiger partial charge in [0.05, 0.1) is 6.61 Å². The van der Waals surface area contributed by atoms with E-state index in [0.717, 1.165) is 39.1 Å². The number of carboxylic acids is 1. The van der Waals surface area contributed by atoms with Gasteiger partial charge in [-0.15, -0.1) is 0 Å². The first-order valence-corrected chi connectivity index (χ1v) is 10.2. The van der Waals surface area contributed by atoms with E-state index in [1.54, 1.807) is 13.2 Å². The van der Waals surface area contributed by atoms with E-state index in [9.17, 15) is 18.0 Å². The van der Waals surface area contributed by atoms with E-state index in [1.807, 2.05) is 17.0 Å². The van der Waals surface area contributed by atoms with Crippen LogP contribution in [0.2, 0.25) is 0 Å². The number of carbonyl (C=O) groups excluding carboxylic acids is 1. The molecular weight excluding hydrogens is 433 g/mol. The molecule has 1 amide bonds. The lowest BCUT2D eigenvalue weighted by atomic mass is 9.76. The van der Waals surface area contributed by atoms with Crippen LogP contribution in [0.25, 0.3) is 0 Å². The first-order valence-electron chi connectivity index (χ1n) is 10.2. The summed E-state index contributed by atoms with van der Waals surface area (Å²) in [5.41, 5.74) is 1.02. The van der Waals surface area contributed by atoms with Crippen molar-refractivity contribution in [2.45, 2.75) is 31.5 Å². The standard InChI is InChI=1S/C19H26N2O4.C2HF3O2/c1-20-12-19(10-15(20)11-23-2)5-7-21(8-6-19)18(22)14-3-4-16-17(9-14)25-13-24-16;3-2(4,5)1(6)7/h3-4,9,15H,5-8,10-13H2,1-2H3;(H,6,7). The number of nitrogens with zero attached hydrogens (tertiary/aromatic N) is 2. The zero-order valence-corrected chi connectivity index (χ0v) is 18.0. The minimum Gasteiger partial charge on any atom is -0.475 e. The molecule has 1 aromatic rings. The number of aliphatic carboxylic acids is 1. The van der Waals surface area contributed by atoms with E-state index in [2.05, 4.69) is 11.9 Å². The van der Waals surface area contributed by atoms with Crippen LogP contribution in [0.1, 0.15) is 29.6 Å². The molecule has 4 rings (SSSR count). The predicted octanol–water partition coefficient (Wildman–Crippen LogP) is 2.62. The Balaban J connectivity index is 0.000000360. The lowest BCUT2D eigenvalue weighted by Crippen LogP contribution is -2.44. The number of hydrogen-bond donors (Lipinski definition) is 1. The number of amides is 1. The molecule has 0 bridgehead atoms. The summed E-state index contributed by atoms with van der Waals surface area (Å²) in [4.78, 5) is 26.1. The van der Waals surface area contributed by atoms with Gasteiger partial charge in [-0.25, -0.2) is 4.79 Å². The third kappa shape index (κ3) is 5.44. The Kier molecular flexibility index (Phi) is 7.19. The van der Waals surface area contributed by atoms with Crippen molar-refractivity contribution >= 4 is 11.9 Å². The second kappa shape index (κ2) is 9.53. The number of carbonyl (C=O) groups is 2. The molecule has 3 aliphatic heterocycles. The highest BCUT2D eigenvalue weighted by atomic mass is 19.4. The van der Waals surface area contributed by atoms with Crippen molar-refractivity contribution in [3.63, 3.8) is 0 Å². The summed E-state index contributed by atoms with van der Waals surface area (Å²) in [6.45, 7) is 3.77. The van der Waals surface area contributed by atoms with Gasteiger partial charge < -0.3 is 29.1 Å². The topological polar surface area (TPSA) is 88.5 Å². The molecule has 8 nitrogen and oxygen atoms in total. The fourth-order valence-corrected chi connectivity index (χ4v) is 4.52. The molecule has 1 unspecified atom stereocenters. The first-order chi connectivity index (χ1) is 15.0. The Morgan fingerprint density at radius 1 is 1.22 bits per heavy atom. The number of rotatable bonds is 3. The molecule has 3 heterocycles. The van der Waals surface area contributed by atoms with Crippen molar-refractivity contribution in [3.05, 3.63) is 23.8 Å². The zero-order valence-electron chi connectivity index (χ0n) is 18.0. The van der Waals surface area contributed by atoms with Crippen molar-refractivity contribution < 1.29 is 42.1 Å². The number of methoxy groups -OCH3 is 1. The van der Waals surface area contributed by atoms with Gasteiger partial charge in [-0.05, 0) is 49.9 Å². The Labute approximate surface area is 183 Å². The lowest BCUT2D eigenvalue weighted by Gasteiger charge is -2.39. The lowest BCUT2D eigenvalue weighted by molar-refractivity contribution is -0.192. The summed E-state index contributed by atoms with van der Waals surface area (Å²) < 4.78 is 47.8. The third-order valence-electron chi connectivity index (χ3n) is 6.21. The molecular formula is C21H27F3N2O6. The number of hydrogen-bond acceptors (Lipinski definition) is 6. The van der Waals surface area contributed by atoms with E-state index in [-0.39, 0.29) is 12.7 Å². The van der Waals surface area contributed by atoms with E-state index in [0.29, 0.717) is 28.5 Å².